The van der Waals surface area contributed by atoms with Crippen LogP contribution < -0.4 is 0 Å². The Kier molecular flexibility index (Phi) is 4.51. The average Bonchev–Trinajstić information content (AvgIpc) is 2.53. The molecule has 0 aromatic rings. The third kappa shape index (κ3) is 2.83. The molecule has 0 aliphatic carbocycles. The van der Waals surface area contributed by atoms with Gasteiger partial charge in [0.1, 0.15) is 0 Å². The van der Waals surface area contributed by atoms with Crippen molar-refractivity contribution >= 4 is 23.5 Å². The lowest BCUT2D eigenvalue weighted by Crippen LogP contribution is -2.36. The fourth-order valence-corrected chi connectivity index (χ4v) is 4.97. The van der Waals surface area contributed by atoms with E-state index in [2.05, 4.69) is 35.3 Å². The number of thioether (sulfide) groups is 2. The van der Waals surface area contributed by atoms with Crippen LogP contribution in [0, 0.1) is 5.92 Å². The van der Waals surface area contributed by atoms with Crippen molar-refractivity contribution in [2.45, 2.75) is 25.8 Å². The minimum Gasteiger partial charge on any atom is -0.298 e. The number of hydrogen-bond acceptors (Lipinski definition) is 3. The summed E-state index contributed by atoms with van der Waals surface area (Å²) in [5, 5.41) is 0. The van der Waals surface area contributed by atoms with Gasteiger partial charge in [-0.2, -0.15) is 23.5 Å². The fraction of sp³-hybridized carbons (Fsp3) is 1.00. The Morgan fingerprint density at radius 3 is 2.50 bits per heavy atom. The second-order valence-electron chi connectivity index (χ2n) is 4.36. The molecule has 0 bridgehead atoms. The first kappa shape index (κ1) is 11.2. The quantitative estimate of drug-likeness (QED) is 0.719. The summed E-state index contributed by atoms with van der Waals surface area (Å²) < 4.78 is 0. The number of hydrogen-bond donors (Lipinski definition) is 0. The maximum atomic E-state index is 2.75. The predicted molar refractivity (Wildman–Crippen MR) is 68.4 cm³/mol. The van der Waals surface area contributed by atoms with Crippen molar-refractivity contribution in [2.75, 3.05) is 36.1 Å². The smallest absolute Gasteiger partial charge is 0.0277 e. The summed E-state index contributed by atoms with van der Waals surface area (Å²) in [6, 6.07) is 0.879. The van der Waals surface area contributed by atoms with E-state index in [0.717, 1.165) is 12.0 Å². The molecule has 0 aromatic heterocycles. The summed E-state index contributed by atoms with van der Waals surface area (Å²) in [5.74, 6) is 6.49. The lowest BCUT2D eigenvalue weighted by atomic mass is 10.1. The molecule has 3 heteroatoms. The molecule has 82 valence electrons. The third-order valence-corrected chi connectivity index (χ3v) is 5.89. The second-order valence-corrected chi connectivity index (χ2v) is 6.66. The normalized spacial score (nSPS) is 31.9. The van der Waals surface area contributed by atoms with Crippen LogP contribution in [0.4, 0.5) is 0 Å². The Hall–Kier alpha value is 0.660. The highest BCUT2D eigenvalue weighted by molar-refractivity contribution is 8.03. The molecule has 1 atom stereocenters. The van der Waals surface area contributed by atoms with Crippen LogP contribution in [-0.2, 0) is 0 Å². The van der Waals surface area contributed by atoms with Crippen molar-refractivity contribution < 1.29 is 0 Å². The van der Waals surface area contributed by atoms with Gasteiger partial charge in [0.05, 0.1) is 0 Å². The maximum absolute atomic E-state index is 2.75. The van der Waals surface area contributed by atoms with Crippen molar-refractivity contribution in [3.05, 3.63) is 0 Å². The minimum absolute atomic E-state index is 0.879. The zero-order chi connectivity index (χ0) is 9.80. The first-order valence-corrected chi connectivity index (χ1v) is 8.10. The third-order valence-electron chi connectivity index (χ3n) is 3.40. The number of nitrogens with zero attached hydrogens (tertiary/aromatic N) is 1. The minimum atomic E-state index is 0.879. The summed E-state index contributed by atoms with van der Waals surface area (Å²) in [5.41, 5.74) is 0. The van der Waals surface area contributed by atoms with E-state index < -0.39 is 0 Å². The molecule has 2 aliphatic heterocycles. The van der Waals surface area contributed by atoms with E-state index in [-0.39, 0.29) is 0 Å². The van der Waals surface area contributed by atoms with E-state index in [1.54, 1.807) is 0 Å². The monoisotopic (exact) mass is 231 g/mol. The van der Waals surface area contributed by atoms with Gasteiger partial charge >= 0.3 is 0 Å². The molecule has 0 unspecified atom stereocenters. The molecule has 0 saturated carbocycles. The van der Waals surface area contributed by atoms with Crippen molar-refractivity contribution in [3.8, 4) is 0 Å². The molecular formula is C11H21NS2. The molecule has 2 saturated heterocycles. The highest BCUT2D eigenvalue weighted by Gasteiger charge is 2.27. The van der Waals surface area contributed by atoms with Gasteiger partial charge in [-0.15, -0.1) is 0 Å². The van der Waals surface area contributed by atoms with E-state index in [4.69, 9.17) is 0 Å². The Morgan fingerprint density at radius 1 is 1.21 bits per heavy atom. The Balaban J connectivity index is 1.82. The molecule has 2 fully saturated rings. The highest BCUT2D eigenvalue weighted by Crippen LogP contribution is 2.26. The zero-order valence-electron chi connectivity index (χ0n) is 9.08. The molecule has 1 nitrogen and oxygen atoms in total. The van der Waals surface area contributed by atoms with Gasteiger partial charge in [0.25, 0.3) is 0 Å². The SMILES string of the molecule is CC[C@H]1CCN(C2CSCCSC2)C1. The lowest BCUT2D eigenvalue weighted by molar-refractivity contribution is 0.272. The van der Waals surface area contributed by atoms with Crippen LogP contribution in [0.25, 0.3) is 0 Å². The summed E-state index contributed by atoms with van der Waals surface area (Å²) in [7, 11) is 0. The van der Waals surface area contributed by atoms with Crippen LogP contribution in [-0.4, -0.2) is 47.0 Å². The highest BCUT2D eigenvalue weighted by atomic mass is 32.2. The number of rotatable bonds is 2. The van der Waals surface area contributed by atoms with E-state index in [9.17, 15) is 0 Å². The van der Waals surface area contributed by atoms with E-state index in [1.807, 2.05) is 0 Å². The van der Waals surface area contributed by atoms with Crippen LogP contribution >= 0.6 is 23.5 Å². The Bertz CT molecular complexity index is 167. The van der Waals surface area contributed by atoms with Crippen LogP contribution in [0.15, 0.2) is 0 Å². The summed E-state index contributed by atoms with van der Waals surface area (Å²) in [4.78, 5) is 2.75. The standard InChI is InChI=1S/C11H21NS2/c1-2-10-3-4-12(7-10)11-8-13-5-6-14-9-11/h10-11H,2-9H2,1H3/t10-/m0/s1. The van der Waals surface area contributed by atoms with Gasteiger partial charge in [-0.1, -0.05) is 13.3 Å². The summed E-state index contributed by atoms with van der Waals surface area (Å²) in [6.07, 6.45) is 2.83. The van der Waals surface area contributed by atoms with Gasteiger partial charge in [0.15, 0.2) is 0 Å². The largest absolute Gasteiger partial charge is 0.298 e. The fourth-order valence-electron chi connectivity index (χ4n) is 2.34. The Labute approximate surface area is 96.4 Å². The molecule has 0 amide bonds. The predicted octanol–water partition coefficient (Wildman–Crippen LogP) is 2.57. The maximum Gasteiger partial charge on any atom is 0.0277 e. The van der Waals surface area contributed by atoms with Crippen LogP contribution in [0.3, 0.4) is 0 Å². The van der Waals surface area contributed by atoms with Gasteiger partial charge in [-0.05, 0) is 18.9 Å². The van der Waals surface area contributed by atoms with Gasteiger partial charge in [0, 0.05) is 35.6 Å². The molecule has 0 aromatic carbocycles. The second kappa shape index (κ2) is 5.66. The van der Waals surface area contributed by atoms with Crippen molar-refractivity contribution in [1.82, 2.24) is 4.90 Å². The van der Waals surface area contributed by atoms with Crippen molar-refractivity contribution in [2.24, 2.45) is 5.92 Å². The molecule has 14 heavy (non-hydrogen) atoms. The number of likely N-dealkylation sites (tertiary alicyclic amines) is 1. The summed E-state index contributed by atoms with van der Waals surface area (Å²) in [6.45, 7) is 5.08. The van der Waals surface area contributed by atoms with E-state index in [0.29, 0.717) is 0 Å². The first-order valence-electron chi connectivity index (χ1n) is 5.79. The molecule has 2 heterocycles. The average molecular weight is 231 g/mol. The van der Waals surface area contributed by atoms with Gasteiger partial charge in [0.2, 0.25) is 0 Å². The van der Waals surface area contributed by atoms with Gasteiger partial charge < -0.3 is 0 Å². The molecular weight excluding hydrogens is 210 g/mol. The van der Waals surface area contributed by atoms with Crippen LogP contribution in [0.1, 0.15) is 19.8 Å². The molecule has 2 rings (SSSR count). The molecule has 0 spiro atoms. The lowest BCUT2D eigenvalue weighted by Gasteiger charge is -2.25. The van der Waals surface area contributed by atoms with E-state index in [1.165, 1.54) is 48.9 Å². The van der Waals surface area contributed by atoms with Crippen molar-refractivity contribution in [3.63, 3.8) is 0 Å². The zero-order valence-corrected chi connectivity index (χ0v) is 10.7. The topological polar surface area (TPSA) is 3.24 Å². The van der Waals surface area contributed by atoms with E-state index >= 15 is 0 Å². The molecule has 2 aliphatic rings. The van der Waals surface area contributed by atoms with Gasteiger partial charge in [-0.25, -0.2) is 0 Å². The molecule has 0 N–H and O–H groups in total. The van der Waals surface area contributed by atoms with Crippen LogP contribution in [0.2, 0.25) is 0 Å². The van der Waals surface area contributed by atoms with Crippen molar-refractivity contribution in [1.29, 1.82) is 0 Å². The molecule has 0 radical (unpaired) electrons. The summed E-state index contributed by atoms with van der Waals surface area (Å²) >= 11 is 4.31. The van der Waals surface area contributed by atoms with Gasteiger partial charge in [-0.3, -0.25) is 4.90 Å². The van der Waals surface area contributed by atoms with Crippen LogP contribution in [0.5, 0.6) is 0 Å². The first-order chi connectivity index (χ1) is 6.90. The Morgan fingerprint density at radius 2 is 1.93 bits per heavy atom.